The molecule has 0 bridgehead atoms. The van der Waals surface area contributed by atoms with Gasteiger partial charge in [0.05, 0.1) is 24.0 Å². The molecule has 0 fully saturated rings. The van der Waals surface area contributed by atoms with Crippen LogP contribution in [0.2, 0.25) is 0 Å². The second-order valence-electron chi connectivity index (χ2n) is 4.73. The first kappa shape index (κ1) is 18.2. The van der Waals surface area contributed by atoms with Gasteiger partial charge in [0.1, 0.15) is 0 Å². The number of nitrogens with zero attached hydrogens (tertiary/aromatic N) is 2. The van der Waals surface area contributed by atoms with Crippen LogP contribution in [0.4, 0.5) is 11.5 Å². The van der Waals surface area contributed by atoms with Crippen molar-refractivity contribution in [3.63, 3.8) is 0 Å². The Balaban J connectivity index is 2.12. The number of halogens is 1. The van der Waals surface area contributed by atoms with E-state index in [1.807, 2.05) is 0 Å². The first-order valence-electron chi connectivity index (χ1n) is 6.92. The fraction of sp³-hybridized carbons (Fsp3) is 0.286. The maximum Gasteiger partial charge on any atom is 0.263 e. The molecule has 0 amide bonds. The van der Waals surface area contributed by atoms with Crippen LogP contribution in [-0.4, -0.2) is 49.1 Å². The van der Waals surface area contributed by atoms with Crippen LogP contribution in [0.15, 0.2) is 41.6 Å². The summed E-state index contributed by atoms with van der Waals surface area (Å²) >= 11 is 5.51. The van der Waals surface area contributed by atoms with Gasteiger partial charge in [0.2, 0.25) is 5.82 Å². The normalized spacial score (nSPS) is 12.5. The lowest BCUT2D eigenvalue weighted by atomic mass is 10.3. The summed E-state index contributed by atoms with van der Waals surface area (Å²) < 4.78 is 32.1. The molecule has 0 radical (unpaired) electrons. The molecule has 0 aliphatic carbocycles. The second kappa shape index (κ2) is 8.13. The third-order valence-corrected chi connectivity index (χ3v) is 4.68. The van der Waals surface area contributed by atoms with Gasteiger partial charge in [-0.05, 0) is 24.3 Å². The topological polar surface area (TPSA) is 113 Å². The van der Waals surface area contributed by atoms with E-state index in [4.69, 9.17) is 16.3 Å². The average molecular weight is 373 g/mol. The van der Waals surface area contributed by atoms with Crippen molar-refractivity contribution < 1.29 is 18.3 Å². The number of aromatic nitrogens is 2. The molecule has 1 heterocycles. The summed E-state index contributed by atoms with van der Waals surface area (Å²) in [6.07, 6.45) is 2.07. The summed E-state index contributed by atoms with van der Waals surface area (Å²) in [4.78, 5) is 7.84. The third-order valence-electron chi connectivity index (χ3n) is 2.97. The van der Waals surface area contributed by atoms with Gasteiger partial charge in [0, 0.05) is 24.6 Å². The molecule has 8 nitrogen and oxygen atoms in total. The van der Waals surface area contributed by atoms with Crippen LogP contribution in [0, 0.1) is 0 Å². The van der Waals surface area contributed by atoms with E-state index in [0.717, 1.165) is 0 Å². The fourth-order valence-electron chi connectivity index (χ4n) is 1.77. The van der Waals surface area contributed by atoms with E-state index in [1.54, 1.807) is 12.1 Å². The lowest BCUT2D eigenvalue weighted by molar-refractivity contribution is 0.211. The van der Waals surface area contributed by atoms with E-state index in [1.165, 1.54) is 31.6 Å². The van der Waals surface area contributed by atoms with Crippen LogP contribution in [0.25, 0.3) is 0 Å². The van der Waals surface area contributed by atoms with Crippen LogP contribution in [0.3, 0.4) is 0 Å². The van der Waals surface area contributed by atoms with Crippen LogP contribution in [-0.2, 0) is 10.0 Å². The molecule has 24 heavy (non-hydrogen) atoms. The average Bonchev–Trinajstić information content (AvgIpc) is 2.60. The number of anilines is 2. The summed E-state index contributed by atoms with van der Waals surface area (Å²) in [7, 11) is -2.46. The zero-order valence-corrected chi connectivity index (χ0v) is 14.4. The summed E-state index contributed by atoms with van der Waals surface area (Å²) in [5, 5.41) is 12.3. The summed E-state index contributed by atoms with van der Waals surface area (Å²) in [5.41, 5.74) is 0.662. The van der Waals surface area contributed by atoms with Crippen molar-refractivity contribution >= 4 is 33.1 Å². The van der Waals surface area contributed by atoms with Crippen LogP contribution in [0.5, 0.6) is 5.88 Å². The minimum Gasteiger partial charge on any atom is -0.478 e. The van der Waals surface area contributed by atoms with Gasteiger partial charge in [0.15, 0.2) is 0 Å². The van der Waals surface area contributed by atoms with Crippen LogP contribution in [0.1, 0.15) is 0 Å². The molecule has 0 spiro atoms. The highest BCUT2D eigenvalue weighted by molar-refractivity contribution is 7.92. The van der Waals surface area contributed by atoms with E-state index in [2.05, 4.69) is 20.0 Å². The molecule has 0 aliphatic heterocycles. The Morgan fingerprint density at radius 2 is 1.92 bits per heavy atom. The first-order chi connectivity index (χ1) is 11.5. The van der Waals surface area contributed by atoms with Gasteiger partial charge in [-0.15, -0.1) is 11.6 Å². The number of benzene rings is 1. The Labute approximate surface area is 144 Å². The van der Waals surface area contributed by atoms with Crippen molar-refractivity contribution in [3.8, 4) is 5.88 Å². The van der Waals surface area contributed by atoms with Crippen LogP contribution >= 0.6 is 11.6 Å². The third kappa shape index (κ3) is 4.70. The molecule has 2 aromatic rings. The molecule has 0 saturated carbocycles. The summed E-state index contributed by atoms with van der Waals surface area (Å²) in [6, 6.07) is 6.04. The predicted molar refractivity (Wildman–Crippen MR) is 91.1 cm³/mol. The number of nitrogens with one attached hydrogen (secondary N) is 2. The lowest BCUT2D eigenvalue weighted by Crippen LogP contribution is -2.20. The van der Waals surface area contributed by atoms with Crippen molar-refractivity contribution in [1.82, 2.24) is 9.97 Å². The highest BCUT2D eigenvalue weighted by Gasteiger charge is 2.18. The summed E-state index contributed by atoms with van der Waals surface area (Å²) in [6.45, 7) is 0.269. The van der Waals surface area contributed by atoms with Crippen molar-refractivity contribution in [2.75, 3.05) is 29.6 Å². The number of methoxy groups -OCH3 is 1. The summed E-state index contributed by atoms with van der Waals surface area (Å²) in [5.74, 6) is 0.199. The minimum atomic E-state index is -3.83. The molecule has 130 valence electrons. The Morgan fingerprint density at radius 1 is 1.25 bits per heavy atom. The highest BCUT2D eigenvalue weighted by atomic mass is 35.5. The van der Waals surface area contributed by atoms with Gasteiger partial charge in [-0.1, -0.05) is 0 Å². The lowest BCUT2D eigenvalue weighted by Gasteiger charge is -2.12. The minimum absolute atomic E-state index is 0.00689. The number of alkyl halides is 1. The quantitative estimate of drug-likeness (QED) is 0.598. The molecule has 0 aliphatic rings. The Hall–Kier alpha value is -2.10. The van der Waals surface area contributed by atoms with Crippen molar-refractivity contribution in [2.45, 2.75) is 11.0 Å². The van der Waals surface area contributed by atoms with E-state index in [9.17, 15) is 13.5 Å². The largest absolute Gasteiger partial charge is 0.478 e. The molecule has 1 unspecified atom stereocenters. The monoisotopic (exact) mass is 372 g/mol. The molecule has 1 aromatic carbocycles. The maximum atomic E-state index is 12.4. The van der Waals surface area contributed by atoms with Gasteiger partial charge in [-0.2, -0.15) is 0 Å². The Bertz CT molecular complexity index is 771. The zero-order chi connectivity index (χ0) is 17.6. The van der Waals surface area contributed by atoms with E-state index in [-0.39, 0.29) is 29.0 Å². The number of aliphatic hydroxyl groups is 1. The van der Waals surface area contributed by atoms with E-state index < -0.39 is 16.1 Å². The van der Waals surface area contributed by atoms with Crippen LogP contribution < -0.4 is 14.8 Å². The van der Waals surface area contributed by atoms with Crippen molar-refractivity contribution in [2.24, 2.45) is 0 Å². The molecule has 0 saturated heterocycles. The fourth-order valence-corrected chi connectivity index (χ4v) is 2.89. The molecule has 1 aromatic heterocycles. The van der Waals surface area contributed by atoms with Gasteiger partial charge in [0.25, 0.3) is 15.9 Å². The molecular weight excluding hydrogens is 356 g/mol. The number of hydrogen-bond acceptors (Lipinski definition) is 7. The number of hydrogen-bond donors (Lipinski definition) is 3. The van der Waals surface area contributed by atoms with Crippen molar-refractivity contribution in [1.29, 1.82) is 0 Å². The molecule has 3 N–H and O–H groups in total. The molecule has 2 rings (SSSR count). The number of aliphatic hydroxyl groups excluding tert-OH is 1. The van der Waals surface area contributed by atoms with Gasteiger partial charge >= 0.3 is 0 Å². The standard InChI is InChI=1S/C14H17ClN4O4S/c1-23-14-13(16-6-7-17-14)19-24(21,22)12-4-2-10(3-5-12)18-9-11(20)8-15/h2-7,11,18,20H,8-9H2,1H3,(H,16,19). The SMILES string of the molecule is COc1nccnc1NS(=O)(=O)c1ccc(NCC(O)CCl)cc1. The number of rotatable bonds is 8. The maximum absolute atomic E-state index is 12.4. The Kier molecular flexibility index (Phi) is 6.18. The van der Waals surface area contributed by atoms with Gasteiger partial charge in [-0.25, -0.2) is 18.4 Å². The van der Waals surface area contributed by atoms with Gasteiger partial charge < -0.3 is 15.2 Å². The molecule has 10 heteroatoms. The molecular formula is C14H17ClN4O4S. The van der Waals surface area contributed by atoms with Gasteiger partial charge in [-0.3, -0.25) is 4.72 Å². The smallest absolute Gasteiger partial charge is 0.263 e. The second-order valence-corrected chi connectivity index (χ2v) is 6.72. The van der Waals surface area contributed by atoms with E-state index in [0.29, 0.717) is 5.69 Å². The highest BCUT2D eigenvalue weighted by Crippen LogP contribution is 2.22. The zero-order valence-electron chi connectivity index (χ0n) is 12.8. The predicted octanol–water partition coefficient (Wildman–Crippen LogP) is 1.30. The number of sulfonamides is 1. The first-order valence-corrected chi connectivity index (χ1v) is 8.94. The van der Waals surface area contributed by atoms with Crippen molar-refractivity contribution in [3.05, 3.63) is 36.7 Å². The Morgan fingerprint density at radius 3 is 2.54 bits per heavy atom. The molecule has 1 atom stereocenters. The van der Waals surface area contributed by atoms with E-state index >= 15 is 0 Å². The number of ether oxygens (including phenoxy) is 1.